The molecule has 5 heteroatoms. The highest BCUT2D eigenvalue weighted by atomic mass is 32.2. The van der Waals surface area contributed by atoms with Gasteiger partial charge in [-0.25, -0.2) is 0 Å². The number of rotatable bonds is 5. The maximum Gasteiger partial charge on any atom is 0.0966 e. The molecule has 0 saturated carbocycles. The number of anilines is 1. The molecule has 1 saturated heterocycles. The van der Waals surface area contributed by atoms with Crippen LogP contribution >= 0.6 is 23.3 Å². The monoisotopic (exact) mass is 430 g/mol. The van der Waals surface area contributed by atoms with Gasteiger partial charge in [-0.15, -0.1) is 11.3 Å². The van der Waals surface area contributed by atoms with Crippen molar-refractivity contribution in [2.45, 2.75) is 70.3 Å². The van der Waals surface area contributed by atoms with Gasteiger partial charge in [0, 0.05) is 46.2 Å². The Morgan fingerprint density at radius 1 is 1.17 bits per heavy atom. The van der Waals surface area contributed by atoms with E-state index in [2.05, 4.69) is 67.6 Å². The third-order valence-corrected chi connectivity index (χ3v) is 8.20. The number of aryl methyl sites for hydroxylation is 1. The van der Waals surface area contributed by atoms with Crippen molar-refractivity contribution in [3.05, 3.63) is 51.2 Å². The molecule has 2 aromatic rings. The van der Waals surface area contributed by atoms with Crippen molar-refractivity contribution in [2.24, 2.45) is 0 Å². The van der Waals surface area contributed by atoms with Crippen molar-refractivity contribution in [3.8, 4) is 0 Å². The van der Waals surface area contributed by atoms with Gasteiger partial charge in [-0.2, -0.15) is 0 Å². The average molecular weight is 431 g/mol. The SMILES string of the molecule is CCc1cc2c(s1)CCOC21CCN(Cc2ccc(NSC(C)(C)C)cc2)CC1. The first kappa shape index (κ1) is 21.2. The van der Waals surface area contributed by atoms with E-state index in [1.807, 2.05) is 11.3 Å². The molecule has 1 N–H and O–H groups in total. The van der Waals surface area contributed by atoms with Crippen molar-refractivity contribution in [3.63, 3.8) is 0 Å². The van der Waals surface area contributed by atoms with E-state index in [4.69, 9.17) is 4.74 Å². The van der Waals surface area contributed by atoms with Gasteiger partial charge in [0.25, 0.3) is 0 Å². The first-order chi connectivity index (χ1) is 13.9. The molecular weight excluding hydrogens is 396 g/mol. The number of piperidine rings is 1. The largest absolute Gasteiger partial charge is 0.370 e. The Hall–Kier alpha value is -1.01. The van der Waals surface area contributed by atoms with Crippen LogP contribution in [0.2, 0.25) is 0 Å². The Kier molecular flexibility index (Phi) is 6.31. The van der Waals surface area contributed by atoms with Gasteiger partial charge in [0.15, 0.2) is 0 Å². The number of hydrogen-bond acceptors (Lipinski definition) is 5. The molecule has 158 valence electrons. The highest BCUT2D eigenvalue weighted by Crippen LogP contribution is 2.44. The Balaban J connectivity index is 1.34. The van der Waals surface area contributed by atoms with E-state index in [9.17, 15) is 0 Å². The summed E-state index contributed by atoms with van der Waals surface area (Å²) in [6.07, 6.45) is 4.46. The van der Waals surface area contributed by atoms with Crippen LogP contribution in [0.15, 0.2) is 30.3 Å². The first-order valence-electron chi connectivity index (χ1n) is 10.9. The quantitative estimate of drug-likeness (QED) is 0.568. The van der Waals surface area contributed by atoms with E-state index < -0.39 is 0 Å². The second-order valence-corrected chi connectivity index (χ2v) is 12.1. The van der Waals surface area contributed by atoms with Crippen molar-refractivity contribution in [1.82, 2.24) is 4.90 Å². The molecule has 29 heavy (non-hydrogen) atoms. The average Bonchev–Trinajstić information content (AvgIpc) is 3.14. The van der Waals surface area contributed by atoms with Gasteiger partial charge in [0.2, 0.25) is 0 Å². The van der Waals surface area contributed by atoms with Crippen molar-refractivity contribution in [1.29, 1.82) is 0 Å². The van der Waals surface area contributed by atoms with Crippen LogP contribution in [-0.4, -0.2) is 29.3 Å². The number of nitrogens with one attached hydrogen (secondary N) is 1. The third kappa shape index (κ3) is 5.01. The van der Waals surface area contributed by atoms with E-state index >= 15 is 0 Å². The molecule has 2 aliphatic heterocycles. The van der Waals surface area contributed by atoms with E-state index in [1.54, 1.807) is 16.8 Å². The fourth-order valence-corrected chi connectivity index (χ4v) is 6.02. The lowest BCUT2D eigenvalue weighted by Gasteiger charge is -2.44. The van der Waals surface area contributed by atoms with Crippen LogP contribution in [-0.2, 0) is 29.7 Å². The molecule has 0 atom stereocenters. The van der Waals surface area contributed by atoms with Crippen LogP contribution in [0, 0.1) is 0 Å². The smallest absolute Gasteiger partial charge is 0.0966 e. The predicted octanol–water partition coefficient (Wildman–Crippen LogP) is 6.23. The number of likely N-dealkylation sites (tertiary alicyclic amines) is 1. The minimum absolute atomic E-state index is 0.0219. The normalized spacial score (nSPS) is 19.3. The zero-order valence-corrected chi connectivity index (χ0v) is 19.8. The van der Waals surface area contributed by atoms with Gasteiger partial charge >= 0.3 is 0 Å². The van der Waals surface area contributed by atoms with Gasteiger partial charge in [-0.1, -0.05) is 19.1 Å². The third-order valence-electron chi connectivity index (χ3n) is 5.91. The number of nitrogens with zero attached hydrogens (tertiary/aromatic N) is 1. The van der Waals surface area contributed by atoms with Crippen molar-refractivity contribution in [2.75, 3.05) is 24.4 Å². The molecule has 1 spiro atoms. The Bertz CT molecular complexity index is 814. The molecule has 1 aromatic heterocycles. The Morgan fingerprint density at radius 3 is 2.55 bits per heavy atom. The molecule has 0 bridgehead atoms. The lowest BCUT2D eigenvalue weighted by atomic mass is 9.82. The summed E-state index contributed by atoms with van der Waals surface area (Å²) in [5.41, 5.74) is 4.06. The molecule has 3 heterocycles. The maximum absolute atomic E-state index is 6.43. The van der Waals surface area contributed by atoms with Crippen molar-refractivity contribution >= 4 is 29.0 Å². The fraction of sp³-hybridized carbons (Fsp3) is 0.583. The minimum Gasteiger partial charge on any atom is -0.370 e. The van der Waals surface area contributed by atoms with Crippen LogP contribution in [0.3, 0.4) is 0 Å². The van der Waals surface area contributed by atoms with Crippen LogP contribution < -0.4 is 4.72 Å². The zero-order chi connectivity index (χ0) is 20.5. The topological polar surface area (TPSA) is 24.5 Å². The molecule has 4 rings (SSSR count). The zero-order valence-electron chi connectivity index (χ0n) is 18.2. The summed E-state index contributed by atoms with van der Waals surface area (Å²) in [4.78, 5) is 5.68. The summed E-state index contributed by atoms with van der Waals surface area (Å²) >= 11 is 3.78. The summed E-state index contributed by atoms with van der Waals surface area (Å²) in [5, 5.41) is 0. The molecule has 3 nitrogen and oxygen atoms in total. The van der Waals surface area contributed by atoms with Gasteiger partial charge in [-0.3, -0.25) is 4.90 Å². The van der Waals surface area contributed by atoms with Crippen LogP contribution in [0.25, 0.3) is 0 Å². The molecule has 1 fully saturated rings. The Morgan fingerprint density at radius 2 is 1.90 bits per heavy atom. The lowest BCUT2D eigenvalue weighted by molar-refractivity contribution is -0.0981. The summed E-state index contributed by atoms with van der Waals surface area (Å²) < 4.78 is 10.1. The number of benzene rings is 1. The minimum atomic E-state index is -0.0219. The van der Waals surface area contributed by atoms with Crippen LogP contribution in [0.4, 0.5) is 5.69 Å². The summed E-state index contributed by atoms with van der Waals surface area (Å²) in [6.45, 7) is 13.1. The summed E-state index contributed by atoms with van der Waals surface area (Å²) in [5.74, 6) is 0. The van der Waals surface area contributed by atoms with Gasteiger partial charge in [0.05, 0.1) is 12.2 Å². The maximum atomic E-state index is 6.43. The summed E-state index contributed by atoms with van der Waals surface area (Å²) in [7, 11) is 0. The second-order valence-electron chi connectivity index (χ2n) is 9.29. The van der Waals surface area contributed by atoms with Gasteiger partial charge in [0.1, 0.15) is 0 Å². The van der Waals surface area contributed by atoms with E-state index in [-0.39, 0.29) is 10.3 Å². The number of fused-ring (bicyclic) bond motifs is 2. The molecule has 1 aromatic carbocycles. The Labute approximate surface area is 184 Å². The fourth-order valence-electron chi connectivity index (χ4n) is 4.28. The number of ether oxygens (including phenoxy) is 1. The number of hydrogen-bond donors (Lipinski definition) is 1. The molecule has 0 radical (unpaired) electrons. The highest BCUT2D eigenvalue weighted by Gasteiger charge is 2.41. The first-order valence-corrected chi connectivity index (χ1v) is 12.5. The highest BCUT2D eigenvalue weighted by molar-refractivity contribution is 8.01. The standard InChI is InChI=1S/C24H34N2OS2/c1-5-20-16-21-22(28-20)10-15-27-24(21)11-13-26(14-12-24)17-18-6-8-19(9-7-18)25-29-23(2,3)4/h6-9,16,25H,5,10-15,17H2,1-4H3. The molecule has 0 amide bonds. The summed E-state index contributed by atoms with van der Waals surface area (Å²) in [6, 6.07) is 11.4. The second kappa shape index (κ2) is 8.62. The number of thiophene rings is 1. The van der Waals surface area contributed by atoms with E-state index in [0.29, 0.717) is 0 Å². The van der Waals surface area contributed by atoms with E-state index in [1.165, 1.54) is 21.7 Å². The van der Waals surface area contributed by atoms with Crippen molar-refractivity contribution < 1.29 is 4.74 Å². The molecular formula is C24H34N2OS2. The van der Waals surface area contributed by atoms with Gasteiger partial charge in [-0.05, 0) is 81.3 Å². The van der Waals surface area contributed by atoms with Gasteiger partial charge < -0.3 is 9.46 Å². The van der Waals surface area contributed by atoms with Crippen LogP contribution in [0.5, 0.6) is 0 Å². The van der Waals surface area contributed by atoms with E-state index in [0.717, 1.165) is 51.9 Å². The van der Waals surface area contributed by atoms with Crippen LogP contribution in [0.1, 0.15) is 61.4 Å². The lowest BCUT2D eigenvalue weighted by Crippen LogP contribution is -2.45. The molecule has 0 unspecified atom stereocenters. The predicted molar refractivity (Wildman–Crippen MR) is 127 cm³/mol. The molecule has 2 aliphatic rings. The molecule has 0 aliphatic carbocycles.